The topological polar surface area (TPSA) is 49.3 Å². The van der Waals surface area contributed by atoms with Crippen LogP contribution in [0.25, 0.3) is 0 Å². The van der Waals surface area contributed by atoms with Gasteiger partial charge < -0.3 is 10.4 Å². The second kappa shape index (κ2) is 5.40. The van der Waals surface area contributed by atoms with Crippen molar-refractivity contribution in [1.29, 1.82) is 0 Å². The number of rotatable bonds is 5. The standard InChI is InChI=1S/C13H21NO2.ClH/c1-3-9-4-10-6-13(8-14-2,7-12(15)16)11(10)5-9;/h5,10-11,14H,3-4,6-8H2,1-2H3,(H,15,16);1H/t10-,11+,13+;/m1./s1. The van der Waals surface area contributed by atoms with Gasteiger partial charge in [0, 0.05) is 12.0 Å². The van der Waals surface area contributed by atoms with E-state index in [0.29, 0.717) is 12.3 Å². The van der Waals surface area contributed by atoms with E-state index in [0.717, 1.165) is 25.3 Å². The molecule has 0 aliphatic heterocycles. The third kappa shape index (κ3) is 2.50. The average molecular weight is 260 g/mol. The number of hydrogen-bond acceptors (Lipinski definition) is 2. The van der Waals surface area contributed by atoms with Gasteiger partial charge in [-0.2, -0.15) is 0 Å². The van der Waals surface area contributed by atoms with Crippen LogP contribution in [0.5, 0.6) is 0 Å². The van der Waals surface area contributed by atoms with Crippen LogP contribution in [0, 0.1) is 17.3 Å². The minimum Gasteiger partial charge on any atom is -0.481 e. The Bertz CT molecular complexity index is 329. The maximum Gasteiger partial charge on any atom is 0.303 e. The minimum absolute atomic E-state index is 0. The number of carboxylic acid groups (broad SMARTS) is 1. The van der Waals surface area contributed by atoms with Gasteiger partial charge in [-0.05, 0) is 38.1 Å². The number of halogens is 1. The molecule has 0 aromatic carbocycles. The Hall–Kier alpha value is -0.540. The van der Waals surface area contributed by atoms with Crippen LogP contribution in [0.3, 0.4) is 0 Å². The van der Waals surface area contributed by atoms with Crippen molar-refractivity contribution in [2.45, 2.75) is 32.6 Å². The summed E-state index contributed by atoms with van der Waals surface area (Å²) in [7, 11) is 1.91. The molecule has 3 nitrogen and oxygen atoms in total. The molecule has 2 aliphatic carbocycles. The first kappa shape index (κ1) is 14.5. The lowest BCUT2D eigenvalue weighted by atomic mass is 9.53. The Morgan fingerprint density at radius 3 is 2.88 bits per heavy atom. The van der Waals surface area contributed by atoms with Crippen LogP contribution in [0.15, 0.2) is 11.6 Å². The van der Waals surface area contributed by atoms with Crippen LogP contribution in [-0.2, 0) is 4.79 Å². The highest BCUT2D eigenvalue weighted by Crippen LogP contribution is 2.59. The predicted octanol–water partition coefficient (Wildman–Crippen LogP) is 2.46. The molecule has 0 heterocycles. The zero-order chi connectivity index (χ0) is 11.8. The summed E-state index contributed by atoms with van der Waals surface area (Å²) in [6, 6.07) is 0. The van der Waals surface area contributed by atoms with Crippen LogP contribution in [-0.4, -0.2) is 24.7 Å². The summed E-state index contributed by atoms with van der Waals surface area (Å²) < 4.78 is 0. The number of hydrogen-bond donors (Lipinski definition) is 2. The fraction of sp³-hybridized carbons (Fsp3) is 0.769. The molecule has 0 amide bonds. The predicted molar refractivity (Wildman–Crippen MR) is 70.4 cm³/mol. The number of allylic oxidation sites excluding steroid dienone is 2. The van der Waals surface area contributed by atoms with Crippen molar-refractivity contribution in [3.8, 4) is 0 Å². The van der Waals surface area contributed by atoms with E-state index in [1.54, 1.807) is 0 Å². The lowest BCUT2D eigenvalue weighted by molar-refractivity contribution is -0.144. The van der Waals surface area contributed by atoms with Crippen molar-refractivity contribution in [2.24, 2.45) is 17.3 Å². The maximum absolute atomic E-state index is 11.0. The first-order valence-corrected chi connectivity index (χ1v) is 6.17. The molecule has 17 heavy (non-hydrogen) atoms. The summed E-state index contributed by atoms with van der Waals surface area (Å²) in [4.78, 5) is 11.0. The lowest BCUT2D eigenvalue weighted by Crippen LogP contribution is -2.51. The van der Waals surface area contributed by atoms with Gasteiger partial charge >= 0.3 is 5.97 Å². The maximum atomic E-state index is 11.0. The Morgan fingerprint density at radius 2 is 2.35 bits per heavy atom. The molecule has 0 aromatic heterocycles. The molecule has 2 N–H and O–H groups in total. The highest BCUT2D eigenvalue weighted by molar-refractivity contribution is 5.85. The van der Waals surface area contributed by atoms with Gasteiger partial charge in [-0.1, -0.05) is 18.6 Å². The Kier molecular flexibility index (Phi) is 4.62. The molecule has 2 aliphatic rings. The van der Waals surface area contributed by atoms with Gasteiger partial charge in [0.2, 0.25) is 0 Å². The van der Waals surface area contributed by atoms with Gasteiger partial charge in [-0.15, -0.1) is 12.4 Å². The molecule has 0 saturated heterocycles. The van der Waals surface area contributed by atoms with Crippen LogP contribution in [0.1, 0.15) is 32.6 Å². The summed E-state index contributed by atoms with van der Waals surface area (Å²) in [5.74, 6) is 0.570. The average Bonchev–Trinajstić information content (AvgIpc) is 2.55. The van der Waals surface area contributed by atoms with Gasteiger partial charge in [0.25, 0.3) is 0 Å². The van der Waals surface area contributed by atoms with Crippen molar-refractivity contribution >= 4 is 18.4 Å². The van der Waals surface area contributed by atoms with Gasteiger partial charge in [0.1, 0.15) is 0 Å². The van der Waals surface area contributed by atoms with Crippen molar-refractivity contribution < 1.29 is 9.90 Å². The molecule has 0 unspecified atom stereocenters. The lowest BCUT2D eigenvalue weighted by Gasteiger charge is -2.52. The second-order valence-corrected chi connectivity index (χ2v) is 5.34. The molecular formula is C13H22ClNO2. The number of carbonyl (C=O) groups is 1. The van der Waals surface area contributed by atoms with E-state index in [4.69, 9.17) is 5.11 Å². The molecule has 0 bridgehead atoms. The summed E-state index contributed by atoms with van der Waals surface area (Å²) in [6.07, 6.45) is 6.06. The zero-order valence-corrected chi connectivity index (χ0v) is 11.3. The molecule has 4 heteroatoms. The van der Waals surface area contributed by atoms with Crippen molar-refractivity contribution in [3.63, 3.8) is 0 Å². The first-order valence-electron chi connectivity index (χ1n) is 6.17. The fourth-order valence-electron chi connectivity index (χ4n) is 3.65. The van der Waals surface area contributed by atoms with E-state index in [-0.39, 0.29) is 17.8 Å². The van der Waals surface area contributed by atoms with Gasteiger partial charge in [-0.3, -0.25) is 4.79 Å². The minimum atomic E-state index is -0.660. The monoisotopic (exact) mass is 259 g/mol. The molecular weight excluding hydrogens is 238 g/mol. The van der Waals surface area contributed by atoms with E-state index in [9.17, 15) is 4.79 Å². The first-order chi connectivity index (χ1) is 7.61. The van der Waals surface area contributed by atoms with Gasteiger partial charge in [-0.25, -0.2) is 0 Å². The van der Waals surface area contributed by atoms with E-state index < -0.39 is 5.97 Å². The molecule has 1 fully saturated rings. The number of nitrogens with one attached hydrogen (secondary N) is 1. The van der Waals surface area contributed by atoms with Crippen LogP contribution in [0.4, 0.5) is 0 Å². The molecule has 1 saturated carbocycles. The number of fused-ring (bicyclic) bond motifs is 1. The Morgan fingerprint density at radius 1 is 1.65 bits per heavy atom. The van der Waals surface area contributed by atoms with Crippen molar-refractivity contribution in [1.82, 2.24) is 5.32 Å². The van der Waals surface area contributed by atoms with Crippen molar-refractivity contribution in [2.75, 3.05) is 13.6 Å². The molecule has 3 atom stereocenters. The number of aliphatic carboxylic acids is 1. The summed E-state index contributed by atoms with van der Waals surface area (Å²) in [6.45, 7) is 3.02. The quantitative estimate of drug-likeness (QED) is 0.746. The second-order valence-electron chi connectivity index (χ2n) is 5.34. The molecule has 0 spiro atoms. The van der Waals surface area contributed by atoms with E-state index >= 15 is 0 Å². The van der Waals surface area contributed by atoms with Crippen LogP contribution < -0.4 is 5.32 Å². The van der Waals surface area contributed by atoms with E-state index in [2.05, 4.69) is 18.3 Å². The highest BCUT2D eigenvalue weighted by atomic mass is 35.5. The summed E-state index contributed by atoms with van der Waals surface area (Å²) in [5, 5.41) is 12.2. The molecule has 98 valence electrons. The van der Waals surface area contributed by atoms with Crippen LogP contribution >= 0.6 is 12.4 Å². The molecule has 0 radical (unpaired) electrons. The fourth-order valence-corrected chi connectivity index (χ4v) is 3.65. The Balaban J connectivity index is 0.00000144. The van der Waals surface area contributed by atoms with Crippen LogP contribution in [0.2, 0.25) is 0 Å². The largest absolute Gasteiger partial charge is 0.481 e. The van der Waals surface area contributed by atoms with E-state index in [1.807, 2.05) is 7.05 Å². The van der Waals surface area contributed by atoms with Crippen molar-refractivity contribution in [3.05, 3.63) is 11.6 Å². The summed E-state index contributed by atoms with van der Waals surface area (Å²) in [5.41, 5.74) is 1.51. The SMILES string of the molecule is CCC1=C[C@H]2[C@H](C1)C[C@@]2(CNC)CC(=O)O.Cl. The highest BCUT2D eigenvalue weighted by Gasteiger charge is 2.54. The smallest absolute Gasteiger partial charge is 0.303 e. The van der Waals surface area contributed by atoms with Gasteiger partial charge in [0.05, 0.1) is 6.42 Å². The zero-order valence-electron chi connectivity index (χ0n) is 10.5. The Labute approximate surface area is 109 Å². The molecule has 2 rings (SSSR count). The molecule has 0 aromatic rings. The number of carboxylic acids is 1. The normalized spacial score (nSPS) is 34.4. The summed E-state index contributed by atoms with van der Waals surface area (Å²) >= 11 is 0. The van der Waals surface area contributed by atoms with Gasteiger partial charge in [0.15, 0.2) is 0 Å². The third-order valence-electron chi connectivity index (χ3n) is 4.31. The third-order valence-corrected chi connectivity index (χ3v) is 4.31. The van der Waals surface area contributed by atoms with E-state index in [1.165, 1.54) is 12.0 Å².